The van der Waals surface area contributed by atoms with Crippen LogP contribution in [-0.4, -0.2) is 0 Å². The van der Waals surface area contributed by atoms with Gasteiger partial charge in [0.1, 0.15) is 11.3 Å². The Morgan fingerprint density at radius 1 is 0.762 bits per heavy atom. The molecule has 0 atom stereocenters. The topological polar surface area (TPSA) is 13.1 Å². The molecule has 1 aromatic heterocycles. The first-order chi connectivity index (χ1) is 10.4. The number of hydrogen-bond acceptors (Lipinski definition) is 1. The number of para-hydroxylation sites is 1. The molecule has 1 heterocycles. The molecule has 1 nitrogen and oxygen atoms in total. The fourth-order valence-electron chi connectivity index (χ4n) is 2.95. The van der Waals surface area contributed by atoms with E-state index >= 15 is 0 Å². The van der Waals surface area contributed by atoms with E-state index in [9.17, 15) is 0 Å². The van der Waals surface area contributed by atoms with Gasteiger partial charge in [-0.3, -0.25) is 0 Å². The van der Waals surface area contributed by atoms with Gasteiger partial charge in [0.2, 0.25) is 0 Å². The van der Waals surface area contributed by atoms with Crippen molar-refractivity contribution in [2.45, 2.75) is 77.6 Å². The summed E-state index contributed by atoms with van der Waals surface area (Å²) in [4.78, 5) is 0. The Hall–Kier alpha value is -1.24. The molecule has 0 aliphatic heterocycles. The van der Waals surface area contributed by atoms with Crippen molar-refractivity contribution in [2.75, 3.05) is 0 Å². The van der Waals surface area contributed by atoms with Crippen molar-refractivity contribution < 1.29 is 4.42 Å². The van der Waals surface area contributed by atoms with E-state index < -0.39 is 0 Å². The largest absolute Gasteiger partial charge is 0.461 e. The average molecular weight is 286 g/mol. The van der Waals surface area contributed by atoms with Crippen molar-refractivity contribution in [1.82, 2.24) is 0 Å². The third-order valence-corrected chi connectivity index (χ3v) is 4.25. The Kier molecular flexibility index (Phi) is 7.42. The summed E-state index contributed by atoms with van der Waals surface area (Å²) in [5.41, 5.74) is 1.03. The van der Waals surface area contributed by atoms with Crippen LogP contribution in [0.15, 0.2) is 34.7 Å². The van der Waals surface area contributed by atoms with Gasteiger partial charge in [-0.25, -0.2) is 0 Å². The third kappa shape index (κ3) is 5.95. The van der Waals surface area contributed by atoms with Crippen molar-refractivity contribution in [1.29, 1.82) is 0 Å². The lowest BCUT2D eigenvalue weighted by atomic mass is 10.1. The molecule has 0 radical (unpaired) electrons. The van der Waals surface area contributed by atoms with Crippen LogP contribution in [0.5, 0.6) is 0 Å². The van der Waals surface area contributed by atoms with Gasteiger partial charge in [-0.2, -0.15) is 0 Å². The maximum atomic E-state index is 5.85. The Morgan fingerprint density at radius 2 is 1.38 bits per heavy atom. The van der Waals surface area contributed by atoms with E-state index in [1.54, 1.807) is 0 Å². The van der Waals surface area contributed by atoms with E-state index in [4.69, 9.17) is 4.42 Å². The van der Waals surface area contributed by atoms with Gasteiger partial charge in [0.15, 0.2) is 0 Å². The number of furan rings is 1. The predicted molar refractivity (Wildman–Crippen MR) is 91.8 cm³/mol. The van der Waals surface area contributed by atoms with Crippen molar-refractivity contribution in [3.63, 3.8) is 0 Å². The zero-order chi connectivity index (χ0) is 14.8. The molecular weight excluding hydrogens is 256 g/mol. The molecule has 0 N–H and O–H groups in total. The van der Waals surface area contributed by atoms with Crippen LogP contribution in [0.1, 0.15) is 76.9 Å². The fourth-order valence-corrected chi connectivity index (χ4v) is 2.95. The smallest absolute Gasteiger partial charge is 0.134 e. The lowest BCUT2D eigenvalue weighted by Gasteiger charge is -2.01. The molecule has 2 aromatic rings. The van der Waals surface area contributed by atoms with Crippen molar-refractivity contribution in [2.24, 2.45) is 0 Å². The van der Waals surface area contributed by atoms with Crippen molar-refractivity contribution in [3.05, 3.63) is 36.1 Å². The Morgan fingerprint density at radius 3 is 2.05 bits per heavy atom. The average Bonchev–Trinajstić information content (AvgIpc) is 2.92. The second kappa shape index (κ2) is 9.65. The molecule has 0 spiro atoms. The summed E-state index contributed by atoms with van der Waals surface area (Å²) in [5.74, 6) is 1.15. The monoisotopic (exact) mass is 286 g/mol. The highest BCUT2D eigenvalue weighted by Crippen LogP contribution is 2.20. The lowest BCUT2D eigenvalue weighted by Crippen LogP contribution is -1.84. The number of unbranched alkanes of at least 4 members (excludes halogenated alkanes) is 9. The van der Waals surface area contributed by atoms with Crippen LogP contribution in [0.25, 0.3) is 11.0 Å². The quantitative estimate of drug-likeness (QED) is 0.410. The van der Waals surface area contributed by atoms with Crippen LogP contribution in [0.2, 0.25) is 0 Å². The molecule has 0 unspecified atom stereocenters. The predicted octanol–water partition coefficient (Wildman–Crippen LogP) is 6.90. The minimum absolute atomic E-state index is 1.03. The number of hydrogen-bond donors (Lipinski definition) is 0. The first-order valence-corrected chi connectivity index (χ1v) is 8.87. The molecular formula is C20H30O. The highest BCUT2D eigenvalue weighted by Gasteiger charge is 2.02. The normalized spacial score (nSPS) is 11.3. The zero-order valence-corrected chi connectivity index (χ0v) is 13.6. The van der Waals surface area contributed by atoms with Gasteiger partial charge in [-0.15, -0.1) is 0 Å². The Bertz CT molecular complexity index is 464. The van der Waals surface area contributed by atoms with Gasteiger partial charge in [-0.05, 0) is 18.6 Å². The van der Waals surface area contributed by atoms with E-state index in [0.717, 1.165) is 17.8 Å². The number of aryl methyl sites for hydroxylation is 1. The van der Waals surface area contributed by atoms with Crippen LogP contribution >= 0.6 is 0 Å². The summed E-state index contributed by atoms with van der Waals surface area (Å²) in [6, 6.07) is 10.5. The standard InChI is InChI=1S/C20H30O/c1-2-3-4-5-6-7-8-9-10-11-15-19-17-18-14-12-13-16-20(18)21-19/h12-14,16-17H,2-11,15H2,1H3. The first-order valence-electron chi connectivity index (χ1n) is 8.87. The zero-order valence-electron chi connectivity index (χ0n) is 13.6. The molecule has 0 saturated carbocycles. The second-order valence-electron chi connectivity index (χ2n) is 6.18. The molecule has 0 fully saturated rings. The van der Waals surface area contributed by atoms with Gasteiger partial charge in [0.05, 0.1) is 0 Å². The summed E-state index contributed by atoms with van der Waals surface area (Å²) < 4.78 is 5.85. The number of fused-ring (bicyclic) bond motifs is 1. The SMILES string of the molecule is CCCCCCCCCCCCc1cc2ccccc2o1. The van der Waals surface area contributed by atoms with E-state index in [1.165, 1.54) is 69.6 Å². The maximum absolute atomic E-state index is 5.85. The highest BCUT2D eigenvalue weighted by atomic mass is 16.3. The Labute approximate surface area is 129 Å². The molecule has 0 aliphatic rings. The number of rotatable bonds is 11. The molecule has 1 aromatic carbocycles. The molecule has 0 bridgehead atoms. The van der Waals surface area contributed by atoms with Gasteiger partial charge in [-0.1, -0.05) is 82.9 Å². The van der Waals surface area contributed by atoms with Crippen LogP contribution in [0.4, 0.5) is 0 Å². The summed E-state index contributed by atoms with van der Waals surface area (Å²) >= 11 is 0. The molecule has 21 heavy (non-hydrogen) atoms. The van der Waals surface area contributed by atoms with E-state index in [1.807, 2.05) is 6.07 Å². The van der Waals surface area contributed by atoms with Crippen LogP contribution in [0.3, 0.4) is 0 Å². The van der Waals surface area contributed by atoms with E-state index in [0.29, 0.717) is 0 Å². The minimum Gasteiger partial charge on any atom is -0.461 e. The molecule has 0 amide bonds. The molecule has 1 heteroatoms. The number of benzene rings is 1. The third-order valence-electron chi connectivity index (χ3n) is 4.25. The highest BCUT2D eigenvalue weighted by molar-refractivity contribution is 5.77. The molecule has 116 valence electrons. The lowest BCUT2D eigenvalue weighted by molar-refractivity contribution is 0.515. The Balaban J connectivity index is 1.50. The fraction of sp³-hybridized carbons (Fsp3) is 0.600. The van der Waals surface area contributed by atoms with Crippen LogP contribution in [0, 0.1) is 0 Å². The summed E-state index contributed by atoms with van der Waals surface area (Å²) in [6.07, 6.45) is 15.0. The van der Waals surface area contributed by atoms with Crippen LogP contribution < -0.4 is 0 Å². The van der Waals surface area contributed by atoms with E-state index in [-0.39, 0.29) is 0 Å². The van der Waals surface area contributed by atoms with Gasteiger partial charge in [0, 0.05) is 11.8 Å². The maximum Gasteiger partial charge on any atom is 0.134 e. The molecule has 2 rings (SSSR count). The summed E-state index contributed by atoms with van der Waals surface area (Å²) in [5, 5.41) is 1.24. The van der Waals surface area contributed by atoms with Crippen molar-refractivity contribution in [3.8, 4) is 0 Å². The van der Waals surface area contributed by atoms with Gasteiger partial charge < -0.3 is 4.42 Å². The minimum atomic E-state index is 1.03. The van der Waals surface area contributed by atoms with E-state index in [2.05, 4.69) is 31.2 Å². The van der Waals surface area contributed by atoms with Crippen LogP contribution in [-0.2, 0) is 6.42 Å². The summed E-state index contributed by atoms with van der Waals surface area (Å²) in [7, 11) is 0. The molecule has 0 aliphatic carbocycles. The van der Waals surface area contributed by atoms with Gasteiger partial charge >= 0.3 is 0 Å². The molecule has 0 saturated heterocycles. The summed E-state index contributed by atoms with van der Waals surface area (Å²) in [6.45, 7) is 2.28. The van der Waals surface area contributed by atoms with Gasteiger partial charge in [0.25, 0.3) is 0 Å². The first kappa shape index (κ1) is 16.1. The second-order valence-corrected chi connectivity index (χ2v) is 6.18. The van der Waals surface area contributed by atoms with Crippen molar-refractivity contribution >= 4 is 11.0 Å².